The molecule has 0 aromatic carbocycles. The van der Waals surface area contributed by atoms with E-state index in [1.54, 1.807) is 0 Å². The normalized spacial score (nSPS) is 12.0. The fourth-order valence-corrected chi connectivity index (χ4v) is 13.9. The lowest BCUT2D eigenvalue weighted by Crippen LogP contribution is -2.24. The van der Waals surface area contributed by atoms with E-state index in [1.807, 2.05) is 0 Å². The molecule has 0 aromatic heterocycles. The summed E-state index contributed by atoms with van der Waals surface area (Å²) in [6.45, 7) is 28.6. The van der Waals surface area contributed by atoms with Crippen LogP contribution < -0.4 is 0 Å². The maximum Gasteiger partial charge on any atom is 0.0445 e. The van der Waals surface area contributed by atoms with Crippen molar-refractivity contribution in [1.29, 1.82) is 0 Å². The second-order valence-corrected chi connectivity index (χ2v) is 18.9. The highest BCUT2D eigenvalue weighted by Crippen LogP contribution is 2.29. The smallest absolute Gasteiger partial charge is 0.0445 e. The van der Waals surface area contributed by atoms with Crippen molar-refractivity contribution in [2.75, 3.05) is 0 Å². The van der Waals surface area contributed by atoms with Gasteiger partial charge in [-0.15, -0.1) is 0 Å². The van der Waals surface area contributed by atoms with Gasteiger partial charge in [0.25, 0.3) is 0 Å². The van der Waals surface area contributed by atoms with Gasteiger partial charge in [-0.2, -0.15) is 0 Å². The van der Waals surface area contributed by atoms with Crippen molar-refractivity contribution in [3.8, 4) is 0 Å². The number of hydrogen-bond acceptors (Lipinski definition) is 0. The molecule has 0 saturated heterocycles. The summed E-state index contributed by atoms with van der Waals surface area (Å²) in [7, 11) is -0.907. The Balaban J connectivity index is -0.000000295. The molecule has 0 atom stereocenters. The van der Waals surface area contributed by atoms with Crippen LogP contribution in [0.15, 0.2) is 0 Å². The van der Waals surface area contributed by atoms with E-state index in [4.69, 9.17) is 0 Å². The largest absolute Gasteiger partial charge is 0.412 e. The Kier molecular flexibility index (Phi) is 16.1. The van der Waals surface area contributed by atoms with Crippen molar-refractivity contribution in [2.24, 2.45) is 0 Å². The first-order valence-corrected chi connectivity index (χ1v) is 12.9. The van der Waals surface area contributed by atoms with Crippen LogP contribution in [-0.2, 0) is 0 Å². The van der Waals surface area contributed by atoms with Crippen molar-refractivity contribution in [2.45, 2.75) is 116 Å². The van der Waals surface area contributed by atoms with Crippen LogP contribution >= 0.6 is 0 Å². The second kappa shape index (κ2) is 12.9. The summed E-state index contributed by atoms with van der Waals surface area (Å²) in [4.78, 5) is 0. The first-order valence-electron chi connectivity index (χ1n) is 8.93. The lowest BCUT2D eigenvalue weighted by Gasteiger charge is -2.26. The standard InChI is InChI=1S/2C9H22Si.H2O/c2*1-7(2)10(8(3)4)9(5)6;/h2*7-10H,1-6H3;1H2. The van der Waals surface area contributed by atoms with Crippen LogP contribution in [0.3, 0.4) is 0 Å². The molecule has 0 amide bonds. The zero-order chi connectivity index (χ0) is 16.6. The zero-order valence-electron chi connectivity index (χ0n) is 17.1. The molecule has 0 rings (SSSR count). The van der Waals surface area contributed by atoms with E-state index in [0.29, 0.717) is 0 Å². The zero-order valence-corrected chi connectivity index (χ0v) is 19.4. The Morgan fingerprint density at radius 2 is 0.429 bits per heavy atom. The van der Waals surface area contributed by atoms with E-state index >= 15 is 0 Å². The quantitative estimate of drug-likeness (QED) is 0.528. The summed E-state index contributed by atoms with van der Waals surface area (Å²) in [6.07, 6.45) is 0. The Morgan fingerprint density at radius 3 is 0.429 bits per heavy atom. The molecule has 0 aliphatic carbocycles. The lowest BCUT2D eigenvalue weighted by atomic mass is 10.5. The van der Waals surface area contributed by atoms with Crippen molar-refractivity contribution in [1.82, 2.24) is 0 Å². The molecule has 21 heavy (non-hydrogen) atoms. The van der Waals surface area contributed by atoms with Crippen molar-refractivity contribution < 1.29 is 5.48 Å². The van der Waals surface area contributed by atoms with Crippen LogP contribution in [0, 0.1) is 0 Å². The fourth-order valence-electron chi connectivity index (χ4n) is 4.62. The van der Waals surface area contributed by atoms with Crippen LogP contribution in [-0.4, -0.2) is 23.1 Å². The van der Waals surface area contributed by atoms with E-state index in [1.165, 1.54) is 0 Å². The van der Waals surface area contributed by atoms with Crippen molar-refractivity contribution in [3.05, 3.63) is 0 Å². The van der Waals surface area contributed by atoms with E-state index in [0.717, 1.165) is 33.2 Å². The molecule has 1 nitrogen and oxygen atoms in total. The second-order valence-electron chi connectivity index (χ2n) is 8.62. The van der Waals surface area contributed by atoms with Gasteiger partial charge in [0.05, 0.1) is 0 Å². The van der Waals surface area contributed by atoms with E-state index in [9.17, 15) is 0 Å². The molecular formula is C18H46OSi2. The number of rotatable bonds is 6. The highest BCUT2D eigenvalue weighted by molar-refractivity contribution is 6.63. The SMILES string of the molecule is CC(C)[SiH](C(C)C)C(C)C.CC(C)[SiH](C(C)C)C(C)C.O. The summed E-state index contributed by atoms with van der Waals surface area (Å²) in [5.41, 5.74) is 5.83. The Morgan fingerprint density at radius 1 is 0.333 bits per heavy atom. The number of hydrogen-bond donors (Lipinski definition) is 0. The molecule has 3 heteroatoms. The summed E-state index contributed by atoms with van der Waals surface area (Å²) >= 11 is 0. The van der Waals surface area contributed by atoms with Gasteiger partial charge in [-0.3, -0.25) is 0 Å². The Bertz CT molecular complexity index is 161. The molecule has 0 aromatic rings. The first kappa shape index (κ1) is 26.3. The highest BCUT2D eigenvalue weighted by Gasteiger charge is 2.22. The molecule has 0 aliphatic heterocycles. The molecule has 0 bridgehead atoms. The third-order valence-corrected chi connectivity index (χ3v) is 13.9. The average Bonchev–Trinajstić information content (AvgIpc) is 2.12. The molecule has 0 spiro atoms. The Hall–Kier alpha value is 0.394. The third kappa shape index (κ3) is 11.6. The first-order chi connectivity index (χ1) is 8.93. The highest BCUT2D eigenvalue weighted by atomic mass is 28.3. The van der Waals surface area contributed by atoms with Gasteiger partial charge in [-0.1, -0.05) is 116 Å². The van der Waals surface area contributed by atoms with Gasteiger partial charge in [0.2, 0.25) is 0 Å². The molecule has 0 saturated carbocycles. The van der Waals surface area contributed by atoms with Gasteiger partial charge in [0.15, 0.2) is 0 Å². The molecule has 132 valence electrons. The van der Waals surface area contributed by atoms with E-state index in [-0.39, 0.29) is 5.48 Å². The predicted molar refractivity (Wildman–Crippen MR) is 108 cm³/mol. The van der Waals surface area contributed by atoms with E-state index in [2.05, 4.69) is 83.1 Å². The maximum atomic E-state index is 2.39. The minimum Gasteiger partial charge on any atom is -0.412 e. The van der Waals surface area contributed by atoms with Crippen LogP contribution in [0.1, 0.15) is 83.1 Å². The molecule has 0 fully saturated rings. The monoisotopic (exact) mass is 334 g/mol. The molecule has 0 unspecified atom stereocenters. The van der Waals surface area contributed by atoms with Gasteiger partial charge < -0.3 is 5.48 Å². The van der Waals surface area contributed by atoms with Crippen LogP contribution in [0.4, 0.5) is 0 Å². The van der Waals surface area contributed by atoms with Crippen LogP contribution in [0.5, 0.6) is 0 Å². The third-order valence-electron chi connectivity index (χ3n) is 4.62. The molecule has 0 heterocycles. The predicted octanol–water partition coefficient (Wildman–Crippen LogP) is 6.06. The van der Waals surface area contributed by atoms with Crippen molar-refractivity contribution in [3.63, 3.8) is 0 Å². The molecule has 0 radical (unpaired) electrons. The van der Waals surface area contributed by atoms with Crippen molar-refractivity contribution >= 4 is 17.6 Å². The molecule has 2 N–H and O–H groups in total. The minimum atomic E-state index is -0.454. The van der Waals surface area contributed by atoms with Gasteiger partial charge in [-0.05, 0) is 0 Å². The van der Waals surface area contributed by atoms with Gasteiger partial charge in [0.1, 0.15) is 0 Å². The summed E-state index contributed by atoms with van der Waals surface area (Å²) < 4.78 is 0. The maximum absolute atomic E-state index is 2.39. The lowest BCUT2D eigenvalue weighted by molar-refractivity contribution is 0.824. The van der Waals surface area contributed by atoms with Gasteiger partial charge in [0, 0.05) is 17.6 Å². The summed E-state index contributed by atoms with van der Waals surface area (Å²) in [5.74, 6) is 0. The Labute approximate surface area is 139 Å². The van der Waals surface area contributed by atoms with Gasteiger partial charge in [-0.25, -0.2) is 0 Å². The topological polar surface area (TPSA) is 31.5 Å². The average molecular weight is 335 g/mol. The summed E-state index contributed by atoms with van der Waals surface area (Å²) in [6, 6.07) is 0. The minimum absolute atomic E-state index is 0. The molecular weight excluding hydrogens is 288 g/mol. The molecule has 0 aliphatic rings. The fraction of sp³-hybridized carbons (Fsp3) is 1.00. The van der Waals surface area contributed by atoms with E-state index < -0.39 is 17.6 Å². The van der Waals surface area contributed by atoms with Crippen LogP contribution in [0.25, 0.3) is 0 Å². The summed E-state index contributed by atoms with van der Waals surface area (Å²) in [5, 5.41) is 0. The van der Waals surface area contributed by atoms with Crippen LogP contribution in [0.2, 0.25) is 33.2 Å². The van der Waals surface area contributed by atoms with Gasteiger partial charge >= 0.3 is 0 Å².